The molecular formula is C23H14FNO. The van der Waals surface area contributed by atoms with Crippen molar-refractivity contribution in [2.24, 2.45) is 0 Å². The summed E-state index contributed by atoms with van der Waals surface area (Å²) in [6.45, 7) is 0. The largest absolute Gasteiger partial charge is 0.456 e. The van der Waals surface area contributed by atoms with Gasteiger partial charge in [0, 0.05) is 22.5 Å². The molecule has 0 saturated carbocycles. The molecule has 2 aromatic heterocycles. The Kier molecular flexibility index (Phi) is 3.32. The standard InChI is InChI=1S/C23H14FNO/c24-18-8-4-15(5-9-18)16-6-10-19-20-13-17(21-3-1-2-12-25-21)7-11-22(20)26-23(19)14-16/h1-14H. The summed E-state index contributed by atoms with van der Waals surface area (Å²) in [6, 6.07) is 24.6. The van der Waals surface area contributed by atoms with Crippen LogP contribution in [0.1, 0.15) is 0 Å². The van der Waals surface area contributed by atoms with Crippen LogP contribution < -0.4 is 0 Å². The Morgan fingerprint density at radius 3 is 2.27 bits per heavy atom. The molecule has 124 valence electrons. The molecule has 3 aromatic carbocycles. The quantitative estimate of drug-likeness (QED) is 0.369. The lowest BCUT2D eigenvalue weighted by Gasteiger charge is -2.01. The number of hydrogen-bond acceptors (Lipinski definition) is 2. The van der Waals surface area contributed by atoms with Gasteiger partial charge < -0.3 is 4.42 Å². The SMILES string of the molecule is Fc1ccc(-c2ccc3c(c2)oc2ccc(-c4ccccn4)cc23)cc1. The molecule has 0 bridgehead atoms. The highest BCUT2D eigenvalue weighted by atomic mass is 19.1. The van der Waals surface area contributed by atoms with E-state index in [-0.39, 0.29) is 5.82 Å². The highest BCUT2D eigenvalue weighted by Gasteiger charge is 2.10. The van der Waals surface area contributed by atoms with Gasteiger partial charge in [0.2, 0.25) is 0 Å². The number of halogens is 1. The second-order valence-corrected chi connectivity index (χ2v) is 6.25. The van der Waals surface area contributed by atoms with E-state index >= 15 is 0 Å². The van der Waals surface area contributed by atoms with Crippen molar-refractivity contribution < 1.29 is 8.81 Å². The van der Waals surface area contributed by atoms with Gasteiger partial charge in [0.25, 0.3) is 0 Å². The van der Waals surface area contributed by atoms with Gasteiger partial charge in [-0.3, -0.25) is 4.98 Å². The van der Waals surface area contributed by atoms with Crippen LogP contribution in [0.3, 0.4) is 0 Å². The number of nitrogens with zero attached hydrogens (tertiary/aromatic N) is 1. The number of fused-ring (bicyclic) bond motifs is 3. The Morgan fingerprint density at radius 1 is 0.654 bits per heavy atom. The van der Waals surface area contributed by atoms with E-state index < -0.39 is 0 Å². The van der Waals surface area contributed by atoms with Gasteiger partial charge in [-0.25, -0.2) is 4.39 Å². The Morgan fingerprint density at radius 2 is 1.46 bits per heavy atom. The molecule has 0 amide bonds. The summed E-state index contributed by atoms with van der Waals surface area (Å²) in [5.74, 6) is -0.236. The summed E-state index contributed by atoms with van der Waals surface area (Å²) in [6.07, 6.45) is 1.79. The van der Waals surface area contributed by atoms with E-state index in [4.69, 9.17) is 4.42 Å². The van der Waals surface area contributed by atoms with Crippen LogP contribution in [0.25, 0.3) is 44.3 Å². The number of pyridine rings is 1. The third-order valence-corrected chi connectivity index (χ3v) is 4.61. The van der Waals surface area contributed by atoms with E-state index in [1.807, 2.05) is 42.5 Å². The Balaban J connectivity index is 1.66. The summed E-state index contributed by atoms with van der Waals surface area (Å²) in [5, 5.41) is 2.12. The van der Waals surface area contributed by atoms with Crippen molar-refractivity contribution in [2.45, 2.75) is 0 Å². The molecule has 0 atom stereocenters. The molecule has 2 heterocycles. The molecule has 0 aliphatic rings. The zero-order chi connectivity index (χ0) is 17.5. The lowest BCUT2D eigenvalue weighted by molar-refractivity contribution is 0.628. The van der Waals surface area contributed by atoms with Crippen molar-refractivity contribution in [3.63, 3.8) is 0 Å². The number of hydrogen-bond donors (Lipinski definition) is 0. The summed E-state index contributed by atoms with van der Waals surface area (Å²) < 4.78 is 19.2. The van der Waals surface area contributed by atoms with Crippen molar-refractivity contribution in [3.8, 4) is 22.4 Å². The smallest absolute Gasteiger partial charge is 0.136 e. The first-order valence-electron chi connectivity index (χ1n) is 8.42. The summed E-state index contributed by atoms with van der Waals surface area (Å²) in [7, 11) is 0. The minimum absolute atomic E-state index is 0.236. The number of aromatic nitrogens is 1. The van der Waals surface area contributed by atoms with Crippen molar-refractivity contribution in [1.82, 2.24) is 4.98 Å². The fourth-order valence-electron chi connectivity index (χ4n) is 3.29. The van der Waals surface area contributed by atoms with E-state index in [0.717, 1.165) is 44.3 Å². The maximum absolute atomic E-state index is 13.1. The Labute approximate surface area is 149 Å². The predicted octanol–water partition coefficient (Wildman–Crippen LogP) is 6.45. The molecule has 0 radical (unpaired) electrons. The summed E-state index contributed by atoms with van der Waals surface area (Å²) >= 11 is 0. The van der Waals surface area contributed by atoms with Crippen LogP contribution in [-0.2, 0) is 0 Å². The monoisotopic (exact) mass is 339 g/mol. The van der Waals surface area contributed by atoms with Crippen LogP contribution >= 0.6 is 0 Å². The molecule has 2 nitrogen and oxygen atoms in total. The Bertz CT molecular complexity index is 1220. The maximum Gasteiger partial charge on any atom is 0.136 e. The fraction of sp³-hybridized carbons (Fsp3) is 0. The molecule has 0 fully saturated rings. The van der Waals surface area contributed by atoms with Crippen LogP contribution in [0.2, 0.25) is 0 Å². The summed E-state index contributed by atoms with van der Waals surface area (Å²) in [5.41, 5.74) is 5.62. The third-order valence-electron chi connectivity index (χ3n) is 4.61. The normalized spacial score (nSPS) is 11.3. The lowest BCUT2D eigenvalue weighted by Crippen LogP contribution is -1.81. The molecule has 0 aliphatic heterocycles. The van der Waals surface area contributed by atoms with E-state index in [9.17, 15) is 4.39 Å². The highest BCUT2D eigenvalue weighted by molar-refractivity contribution is 6.07. The van der Waals surface area contributed by atoms with Crippen LogP contribution in [0.4, 0.5) is 4.39 Å². The number of rotatable bonds is 2. The predicted molar refractivity (Wildman–Crippen MR) is 102 cm³/mol. The van der Waals surface area contributed by atoms with Gasteiger partial charge in [-0.15, -0.1) is 0 Å². The van der Waals surface area contributed by atoms with E-state index in [1.54, 1.807) is 18.3 Å². The average Bonchev–Trinajstić information content (AvgIpc) is 3.06. The zero-order valence-electron chi connectivity index (χ0n) is 13.8. The molecule has 0 spiro atoms. The van der Waals surface area contributed by atoms with Gasteiger partial charge in [-0.05, 0) is 65.7 Å². The van der Waals surface area contributed by atoms with E-state index in [2.05, 4.69) is 17.1 Å². The van der Waals surface area contributed by atoms with Crippen molar-refractivity contribution in [3.05, 3.63) is 90.9 Å². The third kappa shape index (κ3) is 2.45. The topological polar surface area (TPSA) is 26.0 Å². The van der Waals surface area contributed by atoms with Crippen LogP contribution in [0.5, 0.6) is 0 Å². The second kappa shape index (κ2) is 5.81. The van der Waals surface area contributed by atoms with Gasteiger partial charge in [-0.2, -0.15) is 0 Å². The van der Waals surface area contributed by atoms with Gasteiger partial charge in [0.05, 0.1) is 5.69 Å². The molecule has 0 saturated heterocycles. The maximum atomic E-state index is 13.1. The van der Waals surface area contributed by atoms with E-state index in [0.29, 0.717) is 0 Å². The first-order chi connectivity index (χ1) is 12.8. The number of benzene rings is 3. The average molecular weight is 339 g/mol. The minimum atomic E-state index is -0.236. The Hall–Kier alpha value is -3.46. The summed E-state index contributed by atoms with van der Waals surface area (Å²) in [4.78, 5) is 4.42. The molecule has 0 aliphatic carbocycles. The van der Waals surface area contributed by atoms with Gasteiger partial charge in [-0.1, -0.05) is 24.3 Å². The molecule has 3 heteroatoms. The zero-order valence-corrected chi connectivity index (χ0v) is 13.8. The fourth-order valence-corrected chi connectivity index (χ4v) is 3.29. The van der Waals surface area contributed by atoms with E-state index in [1.165, 1.54) is 12.1 Å². The first-order valence-corrected chi connectivity index (χ1v) is 8.42. The minimum Gasteiger partial charge on any atom is -0.456 e. The van der Waals surface area contributed by atoms with Crippen molar-refractivity contribution in [1.29, 1.82) is 0 Å². The van der Waals surface area contributed by atoms with Crippen LogP contribution in [-0.4, -0.2) is 4.98 Å². The van der Waals surface area contributed by atoms with Gasteiger partial charge in [0.1, 0.15) is 17.0 Å². The van der Waals surface area contributed by atoms with Crippen molar-refractivity contribution >= 4 is 21.9 Å². The molecule has 0 unspecified atom stereocenters. The molecule has 5 aromatic rings. The lowest BCUT2D eigenvalue weighted by atomic mass is 10.0. The molecule has 0 N–H and O–H groups in total. The molecular weight excluding hydrogens is 325 g/mol. The van der Waals surface area contributed by atoms with Crippen LogP contribution in [0.15, 0.2) is 89.5 Å². The van der Waals surface area contributed by atoms with Gasteiger partial charge in [0.15, 0.2) is 0 Å². The second-order valence-electron chi connectivity index (χ2n) is 6.25. The highest BCUT2D eigenvalue weighted by Crippen LogP contribution is 2.34. The number of furan rings is 1. The first kappa shape index (κ1) is 14.8. The molecule has 5 rings (SSSR count). The van der Waals surface area contributed by atoms with Gasteiger partial charge >= 0.3 is 0 Å². The van der Waals surface area contributed by atoms with Crippen molar-refractivity contribution in [2.75, 3.05) is 0 Å². The molecule has 26 heavy (non-hydrogen) atoms. The van der Waals surface area contributed by atoms with Crippen LogP contribution in [0, 0.1) is 5.82 Å².